The van der Waals surface area contributed by atoms with Crippen molar-refractivity contribution in [2.75, 3.05) is 6.54 Å². The Morgan fingerprint density at radius 3 is 2.60 bits per heavy atom. The van der Waals surface area contributed by atoms with Gasteiger partial charge >= 0.3 is 0 Å². The topological polar surface area (TPSA) is 15.3 Å². The first-order valence-corrected chi connectivity index (χ1v) is 9.25. The molecule has 2 saturated heterocycles. The van der Waals surface area contributed by atoms with Gasteiger partial charge in [0, 0.05) is 29.0 Å². The smallest absolute Gasteiger partial charge is 0.0441 e. The van der Waals surface area contributed by atoms with Gasteiger partial charge in [-0.25, -0.2) is 0 Å². The third-order valence-corrected chi connectivity index (χ3v) is 6.03. The number of nitrogens with one attached hydrogen (secondary N) is 1. The molecule has 3 atom stereocenters. The Hall–Kier alpha value is -0.380. The van der Waals surface area contributed by atoms with Crippen LogP contribution in [-0.2, 0) is 0 Å². The van der Waals surface area contributed by atoms with Crippen LogP contribution >= 0.6 is 11.3 Å². The molecule has 3 heterocycles. The molecule has 3 rings (SSSR count). The second kappa shape index (κ2) is 6.59. The van der Waals surface area contributed by atoms with Gasteiger partial charge in [-0.1, -0.05) is 19.9 Å². The minimum absolute atomic E-state index is 0.637. The minimum Gasteiger partial charge on any atom is -0.311 e. The molecule has 112 valence electrons. The van der Waals surface area contributed by atoms with Crippen LogP contribution in [0.4, 0.5) is 0 Å². The Balaban J connectivity index is 1.77. The molecule has 0 spiro atoms. The summed E-state index contributed by atoms with van der Waals surface area (Å²) in [4.78, 5) is 4.39. The van der Waals surface area contributed by atoms with Crippen molar-refractivity contribution in [3.8, 4) is 0 Å². The molecule has 2 bridgehead atoms. The molecule has 0 aromatic carbocycles. The summed E-state index contributed by atoms with van der Waals surface area (Å²) < 4.78 is 0. The van der Waals surface area contributed by atoms with Crippen LogP contribution < -0.4 is 5.32 Å². The van der Waals surface area contributed by atoms with Crippen LogP contribution in [0, 0.1) is 0 Å². The van der Waals surface area contributed by atoms with Gasteiger partial charge in [0.1, 0.15) is 0 Å². The van der Waals surface area contributed by atoms with Gasteiger partial charge in [0.15, 0.2) is 0 Å². The van der Waals surface area contributed by atoms with Gasteiger partial charge in [-0.2, -0.15) is 0 Å². The maximum atomic E-state index is 3.78. The van der Waals surface area contributed by atoms with E-state index >= 15 is 0 Å². The molecule has 0 saturated carbocycles. The standard InChI is InChI=1S/C17H28N2S/c1-3-9-19(16(4-2)17-6-5-10-20-17)15-11-13-7-8-14(12-15)18-13/h5-6,10,13-16,18H,3-4,7-9,11-12H2,1-2H3. The predicted octanol–water partition coefficient (Wildman–Crippen LogP) is 4.19. The number of fused-ring (bicyclic) bond motifs is 2. The van der Waals surface area contributed by atoms with Gasteiger partial charge in [0.25, 0.3) is 0 Å². The van der Waals surface area contributed by atoms with Crippen LogP contribution in [0.2, 0.25) is 0 Å². The lowest BCUT2D eigenvalue weighted by molar-refractivity contribution is 0.0921. The van der Waals surface area contributed by atoms with Crippen LogP contribution in [0.1, 0.15) is 63.3 Å². The van der Waals surface area contributed by atoms with E-state index in [1.807, 2.05) is 11.3 Å². The number of nitrogens with zero attached hydrogens (tertiary/aromatic N) is 1. The SMILES string of the molecule is CCCN(C1CC2CCC(C1)N2)C(CC)c1cccs1. The lowest BCUT2D eigenvalue weighted by Crippen LogP contribution is -2.49. The molecule has 20 heavy (non-hydrogen) atoms. The molecule has 3 unspecified atom stereocenters. The lowest BCUT2D eigenvalue weighted by atomic mass is 9.95. The second-order valence-corrected chi connectivity index (χ2v) is 7.42. The molecule has 3 heteroatoms. The molecule has 0 aliphatic carbocycles. The summed E-state index contributed by atoms with van der Waals surface area (Å²) in [7, 11) is 0. The van der Waals surface area contributed by atoms with E-state index in [4.69, 9.17) is 0 Å². The van der Waals surface area contributed by atoms with Crippen LogP contribution in [-0.4, -0.2) is 29.6 Å². The van der Waals surface area contributed by atoms with Crippen molar-refractivity contribution >= 4 is 11.3 Å². The van der Waals surface area contributed by atoms with Crippen LogP contribution in [0.25, 0.3) is 0 Å². The first-order valence-electron chi connectivity index (χ1n) is 8.37. The van der Waals surface area contributed by atoms with Crippen molar-refractivity contribution in [3.05, 3.63) is 22.4 Å². The van der Waals surface area contributed by atoms with E-state index in [9.17, 15) is 0 Å². The van der Waals surface area contributed by atoms with Gasteiger partial charge < -0.3 is 5.32 Å². The monoisotopic (exact) mass is 292 g/mol. The summed E-state index contributed by atoms with van der Waals surface area (Å²) in [6.07, 6.45) is 8.02. The predicted molar refractivity (Wildman–Crippen MR) is 87.3 cm³/mol. The fourth-order valence-corrected chi connectivity index (χ4v) is 5.16. The van der Waals surface area contributed by atoms with E-state index in [1.54, 1.807) is 4.88 Å². The minimum atomic E-state index is 0.637. The summed E-state index contributed by atoms with van der Waals surface area (Å²) >= 11 is 1.93. The van der Waals surface area contributed by atoms with Crippen LogP contribution in [0.3, 0.4) is 0 Å². The summed E-state index contributed by atoms with van der Waals surface area (Å²) in [5.74, 6) is 0. The summed E-state index contributed by atoms with van der Waals surface area (Å²) in [5, 5.41) is 6.02. The molecule has 2 fully saturated rings. The highest BCUT2D eigenvalue weighted by atomic mass is 32.1. The van der Waals surface area contributed by atoms with Crippen molar-refractivity contribution in [1.29, 1.82) is 0 Å². The van der Waals surface area contributed by atoms with Crippen molar-refractivity contribution in [1.82, 2.24) is 10.2 Å². The van der Waals surface area contributed by atoms with Gasteiger partial charge in [0.05, 0.1) is 0 Å². The van der Waals surface area contributed by atoms with Crippen LogP contribution in [0.5, 0.6) is 0 Å². The van der Waals surface area contributed by atoms with E-state index in [1.165, 1.54) is 45.1 Å². The first kappa shape index (κ1) is 14.6. The molecule has 0 amide bonds. The highest BCUT2D eigenvalue weighted by Crippen LogP contribution is 2.36. The molecule has 1 aromatic rings. The third-order valence-electron chi connectivity index (χ3n) is 5.06. The van der Waals surface area contributed by atoms with Gasteiger partial charge in [-0.05, 0) is 56.5 Å². The Bertz CT molecular complexity index is 391. The van der Waals surface area contributed by atoms with Crippen molar-refractivity contribution in [2.45, 2.75) is 76.5 Å². The van der Waals surface area contributed by atoms with Gasteiger partial charge in [0.2, 0.25) is 0 Å². The zero-order chi connectivity index (χ0) is 13.9. The fraction of sp³-hybridized carbons (Fsp3) is 0.765. The maximum absolute atomic E-state index is 3.78. The quantitative estimate of drug-likeness (QED) is 0.845. The molecule has 2 aliphatic rings. The molecule has 2 aliphatic heterocycles. The number of hydrogen-bond acceptors (Lipinski definition) is 3. The highest BCUT2D eigenvalue weighted by molar-refractivity contribution is 7.10. The zero-order valence-corrected chi connectivity index (χ0v) is 13.7. The van der Waals surface area contributed by atoms with Gasteiger partial charge in [-0.15, -0.1) is 11.3 Å². The average molecular weight is 292 g/mol. The maximum Gasteiger partial charge on any atom is 0.0441 e. The summed E-state index contributed by atoms with van der Waals surface area (Å²) in [6, 6.07) is 7.55. The van der Waals surface area contributed by atoms with E-state index in [2.05, 4.69) is 41.6 Å². The first-order chi connectivity index (χ1) is 9.81. The zero-order valence-electron chi connectivity index (χ0n) is 12.8. The van der Waals surface area contributed by atoms with E-state index in [0.29, 0.717) is 6.04 Å². The Labute approximate surface area is 127 Å². The number of piperidine rings is 1. The van der Waals surface area contributed by atoms with E-state index < -0.39 is 0 Å². The average Bonchev–Trinajstić information content (AvgIpc) is 3.09. The van der Waals surface area contributed by atoms with Gasteiger partial charge in [-0.3, -0.25) is 4.90 Å². The number of thiophene rings is 1. The van der Waals surface area contributed by atoms with Crippen LogP contribution in [0.15, 0.2) is 17.5 Å². The number of rotatable bonds is 6. The largest absolute Gasteiger partial charge is 0.311 e. The van der Waals surface area contributed by atoms with Crippen molar-refractivity contribution in [2.24, 2.45) is 0 Å². The molecule has 1 N–H and O–H groups in total. The van der Waals surface area contributed by atoms with E-state index in [0.717, 1.165) is 18.1 Å². The molecular formula is C17H28N2S. The Kier molecular flexibility index (Phi) is 4.79. The Morgan fingerprint density at radius 2 is 2.05 bits per heavy atom. The molecule has 1 aromatic heterocycles. The lowest BCUT2D eigenvalue weighted by Gasteiger charge is -2.41. The molecule has 0 radical (unpaired) electrons. The molecular weight excluding hydrogens is 264 g/mol. The second-order valence-electron chi connectivity index (χ2n) is 6.44. The van der Waals surface area contributed by atoms with Crippen molar-refractivity contribution < 1.29 is 0 Å². The highest BCUT2D eigenvalue weighted by Gasteiger charge is 2.37. The normalized spacial score (nSPS) is 30.9. The summed E-state index contributed by atoms with van der Waals surface area (Å²) in [6.45, 7) is 5.92. The third kappa shape index (κ3) is 2.95. The fourth-order valence-electron chi connectivity index (χ4n) is 4.23. The Morgan fingerprint density at radius 1 is 1.30 bits per heavy atom. The van der Waals surface area contributed by atoms with E-state index in [-0.39, 0.29) is 0 Å². The van der Waals surface area contributed by atoms with Crippen molar-refractivity contribution in [3.63, 3.8) is 0 Å². The summed E-state index contributed by atoms with van der Waals surface area (Å²) in [5.41, 5.74) is 0. The molecule has 2 nitrogen and oxygen atoms in total. The number of hydrogen-bond donors (Lipinski definition) is 1.